The van der Waals surface area contributed by atoms with E-state index in [1.807, 2.05) is 47.0 Å². The number of rotatable bonds is 2. The molecule has 0 aliphatic heterocycles. The van der Waals surface area contributed by atoms with Crippen molar-refractivity contribution in [1.82, 2.24) is 14.6 Å². The van der Waals surface area contributed by atoms with Gasteiger partial charge in [-0.25, -0.2) is 0 Å². The van der Waals surface area contributed by atoms with Crippen LogP contribution >= 0.6 is 0 Å². The Morgan fingerprint density at radius 3 is 2.76 bits per heavy atom. The van der Waals surface area contributed by atoms with E-state index in [2.05, 4.69) is 28.4 Å². The summed E-state index contributed by atoms with van der Waals surface area (Å²) in [6.07, 6.45) is 2.01. The lowest BCUT2D eigenvalue weighted by Gasteiger charge is -2.04. The molecule has 2 heterocycles. The van der Waals surface area contributed by atoms with Crippen molar-refractivity contribution in [3.63, 3.8) is 0 Å². The van der Waals surface area contributed by atoms with Gasteiger partial charge in [0.05, 0.1) is 7.11 Å². The highest BCUT2D eigenvalue weighted by molar-refractivity contribution is 5.94. The number of benzene rings is 2. The van der Waals surface area contributed by atoms with Crippen molar-refractivity contribution in [2.75, 3.05) is 7.11 Å². The van der Waals surface area contributed by atoms with Gasteiger partial charge in [0.2, 0.25) is 0 Å². The molecule has 0 bridgehead atoms. The third kappa shape index (κ3) is 1.84. The first kappa shape index (κ1) is 11.9. The molecule has 0 saturated carbocycles. The Kier molecular flexibility index (Phi) is 2.60. The highest BCUT2D eigenvalue weighted by atomic mass is 16.5. The summed E-state index contributed by atoms with van der Waals surface area (Å²) in [5, 5.41) is 11.0. The van der Waals surface area contributed by atoms with E-state index < -0.39 is 0 Å². The number of fused-ring (bicyclic) bond motifs is 3. The summed E-state index contributed by atoms with van der Waals surface area (Å²) in [5.74, 6) is 1.62. The summed E-state index contributed by atoms with van der Waals surface area (Å²) in [5.41, 5.74) is 1.85. The summed E-state index contributed by atoms with van der Waals surface area (Å²) in [6.45, 7) is 0. The molecule has 0 spiro atoms. The minimum absolute atomic E-state index is 0.810. The second-order valence-corrected chi connectivity index (χ2v) is 4.85. The van der Waals surface area contributed by atoms with Crippen LogP contribution in [0.1, 0.15) is 0 Å². The van der Waals surface area contributed by atoms with E-state index in [0.717, 1.165) is 33.6 Å². The Bertz CT molecular complexity index is 943. The molecule has 2 aromatic heterocycles. The van der Waals surface area contributed by atoms with E-state index in [4.69, 9.17) is 4.74 Å². The topological polar surface area (TPSA) is 39.4 Å². The standard InChI is InChI=1S/C17H13N3O/c1-21-14-7-4-6-13(11-14)16-18-19-17-15-8-3-2-5-12(15)9-10-20(16)17/h2-11H,1H3. The summed E-state index contributed by atoms with van der Waals surface area (Å²) < 4.78 is 7.29. The van der Waals surface area contributed by atoms with Crippen molar-refractivity contribution in [1.29, 1.82) is 0 Å². The molecule has 0 saturated heterocycles. The van der Waals surface area contributed by atoms with Crippen LogP contribution in [0.4, 0.5) is 0 Å². The SMILES string of the molecule is COc1cccc(-c2nnc3c4ccccc4ccn23)c1. The van der Waals surface area contributed by atoms with E-state index in [0.29, 0.717) is 0 Å². The lowest BCUT2D eigenvalue weighted by atomic mass is 10.1. The molecule has 4 rings (SSSR count). The molecule has 0 aliphatic rings. The predicted molar refractivity (Wildman–Crippen MR) is 82.5 cm³/mol. The molecule has 0 unspecified atom stereocenters. The zero-order valence-electron chi connectivity index (χ0n) is 11.5. The van der Waals surface area contributed by atoms with Gasteiger partial charge in [0.15, 0.2) is 11.5 Å². The van der Waals surface area contributed by atoms with E-state index >= 15 is 0 Å². The van der Waals surface area contributed by atoms with Crippen molar-refractivity contribution < 1.29 is 4.74 Å². The Balaban J connectivity index is 1.99. The first-order chi connectivity index (χ1) is 10.4. The van der Waals surface area contributed by atoms with Crippen LogP contribution in [0.25, 0.3) is 27.8 Å². The van der Waals surface area contributed by atoms with Gasteiger partial charge < -0.3 is 4.74 Å². The maximum Gasteiger partial charge on any atom is 0.168 e. The van der Waals surface area contributed by atoms with Gasteiger partial charge in [0, 0.05) is 17.1 Å². The first-order valence-corrected chi connectivity index (χ1v) is 6.74. The molecule has 0 fully saturated rings. The second kappa shape index (κ2) is 4.59. The largest absolute Gasteiger partial charge is 0.497 e. The maximum absolute atomic E-state index is 5.28. The molecule has 0 N–H and O–H groups in total. The zero-order chi connectivity index (χ0) is 14.2. The summed E-state index contributed by atoms with van der Waals surface area (Å²) >= 11 is 0. The summed E-state index contributed by atoms with van der Waals surface area (Å²) in [4.78, 5) is 0. The van der Waals surface area contributed by atoms with Crippen molar-refractivity contribution in [2.24, 2.45) is 0 Å². The Morgan fingerprint density at radius 1 is 0.952 bits per heavy atom. The minimum atomic E-state index is 0.810. The molecule has 102 valence electrons. The van der Waals surface area contributed by atoms with Crippen LogP contribution in [0.2, 0.25) is 0 Å². The first-order valence-electron chi connectivity index (χ1n) is 6.74. The van der Waals surface area contributed by atoms with Crippen LogP contribution < -0.4 is 4.74 Å². The zero-order valence-corrected chi connectivity index (χ0v) is 11.5. The van der Waals surface area contributed by atoms with E-state index in [-0.39, 0.29) is 0 Å². The number of aromatic nitrogens is 3. The molecular formula is C17H13N3O. The third-order valence-corrected chi connectivity index (χ3v) is 3.63. The molecule has 21 heavy (non-hydrogen) atoms. The molecule has 0 aliphatic carbocycles. The van der Waals surface area contributed by atoms with Gasteiger partial charge in [-0.1, -0.05) is 36.4 Å². The van der Waals surface area contributed by atoms with Crippen LogP contribution in [0.3, 0.4) is 0 Å². The van der Waals surface area contributed by atoms with Crippen LogP contribution in [0, 0.1) is 0 Å². The van der Waals surface area contributed by atoms with E-state index in [1.165, 1.54) is 0 Å². The average molecular weight is 275 g/mol. The Hall–Kier alpha value is -2.88. The number of pyridine rings is 1. The van der Waals surface area contributed by atoms with Crippen LogP contribution in [0.5, 0.6) is 5.75 Å². The average Bonchev–Trinajstić information content (AvgIpc) is 2.99. The highest BCUT2D eigenvalue weighted by Crippen LogP contribution is 2.25. The Morgan fingerprint density at radius 2 is 1.86 bits per heavy atom. The summed E-state index contributed by atoms with van der Waals surface area (Å²) in [6, 6.07) is 18.1. The fourth-order valence-corrected chi connectivity index (χ4v) is 2.58. The number of ether oxygens (including phenoxy) is 1. The normalized spacial score (nSPS) is 11.1. The molecular weight excluding hydrogens is 262 g/mol. The molecule has 4 aromatic rings. The van der Waals surface area contributed by atoms with Crippen molar-refractivity contribution in [2.45, 2.75) is 0 Å². The lowest BCUT2D eigenvalue weighted by molar-refractivity contribution is 0.415. The van der Waals surface area contributed by atoms with Crippen molar-refractivity contribution in [3.8, 4) is 17.1 Å². The van der Waals surface area contributed by atoms with E-state index in [9.17, 15) is 0 Å². The monoisotopic (exact) mass is 275 g/mol. The minimum Gasteiger partial charge on any atom is -0.497 e. The fourth-order valence-electron chi connectivity index (χ4n) is 2.58. The van der Waals surface area contributed by atoms with E-state index in [1.54, 1.807) is 7.11 Å². The van der Waals surface area contributed by atoms with Gasteiger partial charge >= 0.3 is 0 Å². The van der Waals surface area contributed by atoms with Gasteiger partial charge in [-0.15, -0.1) is 10.2 Å². The molecule has 0 amide bonds. The van der Waals surface area contributed by atoms with Gasteiger partial charge in [0.1, 0.15) is 5.75 Å². The highest BCUT2D eigenvalue weighted by Gasteiger charge is 2.10. The van der Waals surface area contributed by atoms with Gasteiger partial charge in [-0.2, -0.15) is 0 Å². The van der Waals surface area contributed by atoms with Crippen molar-refractivity contribution >= 4 is 16.4 Å². The third-order valence-electron chi connectivity index (χ3n) is 3.63. The number of nitrogens with zero attached hydrogens (tertiary/aromatic N) is 3. The van der Waals surface area contributed by atoms with Gasteiger partial charge in [-0.05, 0) is 23.6 Å². The second-order valence-electron chi connectivity index (χ2n) is 4.85. The predicted octanol–water partition coefficient (Wildman–Crippen LogP) is 3.56. The van der Waals surface area contributed by atoms with Crippen molar-refractivity contribution in [3.05, 3.63) is 60.8 Å². The lowest BCUT2D eigenvalue weighted by Crippen LogP contribution is -1.91. The van der Waals surface area contributed by atoms with Crippen LogP contribution in [0.15, 0.2) is 60.8 Å². The Labute approximate surface area is 121 Å². The number of hydrogen-bond acceptors (Lipinski definition) is 3. The molecule has 2 aromatic carbocycles. The maximum atomic E-state index is 5.28. The molecule has 4 heteroatoms. The molecule has 4 nitrogen and oxygen atoms in total. The number of methoxy groups -OCH3 is 1. The number of hydrogen-bond donors (Lipinski definition) is 0. The molecule has 0 radical (unpaired) electrons. The smallest absolute Gasteiger partial charge is 0.168 e. The van der Waals surface area contributed by atoms with Gasteiger partial charge in [-0.3, -0.25) is 4.40 Å². The molecule has 0 atom stereocenters. The van der Waals surface area contributed by atoms with Gasteiger partial charge in [0.25, 0.3) is 0 Å². The van der Waals surface area contributed by atoms with Crippen LogP contribution in [-0.4, -0.2) is 21.7 Å². The fraction of sp³-hybridized carbons (Fsp3) is 0.0588. The van der Waals surface area contributed by atoms with Crippen LogP contribution in [-0.2, 0) is 0 Å². The quantitative estimate of drug-likeness (QED) is 0.561. The summed E-state index contributed by atoms with van der Waals surface area (Å²) in [7, 11) is 1.66.